The van der Waals surface area contributed by atoms with Crippen molar-refractivity contribution < 1.29 is 9.53 Å². The quantitative estimate of drug-likeness (QED) is 0.721. The molecule has 0 bridgehead atoms. The molecule has 0 atom stereocenters. The van der Waals surface area contributed by atoms with Crippen molar-refractivity contribution in [2.75, 3.05) is 13.2 Å². The van der Waals surface area contributed by atoms with Crippen LogP contribution in [0.15, 0.2) is 24.3 Å². The van der Waals surface area contributed by atoms with E-state index in [9.17, 15) is 4.79 Å². The van der Waals surface area contributed by atoms with E-state index >= 15 is 0 Å². The Hall–Kier alpha value is -1.55. The molecule has 0 radical (unpaired) electrons. The zero-order chi connectivity index (χ0) is 11.1. The van der Waals surface area contributed by atoms with Crippen LogP contribution in [0, 0.1) is 0 Å². The highest BCUT2D eigenvalue weighted by molar-refractivity contribution is 5.75. The number of carbonyl (C=O) groups is 1. The summed E-state index contributed by atoms with van der Waals surface area (Å²) in [6.45, 7) is 3.40. The van der Waals surface area contributed by atoms with Gasteiger partial charge in [-0.15, -0.1) is 0 Å². The molecule has 0 spiro atoms. The summed E-state index contributed by atoms with van der Waals surface area (Å²) in [6, 6.07) is 7.74. The minimum absolute atomic E-state index is 0.193. The smallest absolute Gasteiger partial charge is 0.231 e. The lowest BCUT2D eigenvalue weighted by atomic mass is 10.2. The van der Waals surface area contributed by atoms with Gasteiger partial charge in [-0.1, -0.05) is 12.1 Å². The lowest BCUT2D eigenvalue weighted by Crippen LogP contribution is -2.28. The number of hydrogen-bond acceptors (Lipinski definition) is 3. The molecule has 4 nitrogen and oxygen atoms in total. The zero-order valence-corrected chi connectivity index (χ0v) is 8.82. The first-order valence-corrected chi connectivity index (χ1v) is 4.93. The molecule has 0 heterocycles. The Morgan fingerprint density at radius 2 is 2.33 bits per heavy atom. The van der Waals surface area contributed by atoms with Crippen molar-refractivity contribution in [1.82, 2.24) is 5.32 Å². The van der Waals surface area contributed by atoms with Gasteiger partial charge in [0.05, 0.1) is 13.2 Å². The maximum absolute atomic E-state index is 10.5. The van der Waals surface area contributed by atoms with Crippen LogP contribution in [-0.2, 0) is 11.3 Å². The molecule has 1 amide bonds. The van der Waals surface area contributed by atoms with Gasteiger partial charge in [0.15, 0.2) is 0 Å². The first-order chi connectivity index (χ1) is 7.22. The lowest BCUT2D eigenvalue weighted by Gasteiger charge is -2.06. The molecule has 0 aliphatic heterocycles. The molecule has 4 heteroatoms. The highest BCUT2D eigenvalue weighted by Gasteiger charge is 1.97. The average Bonchev–Trinajstić information content (AvgIpc) is 2.18. The van der Waals surface area contributed by atoms with Gasteiger partial charge in [-0.05, 0) is 24.6 Å². The van der Waals surface area contributed by atoms with Crippen molar-refractivity contribution in [3.8, 4) is 5.75 Å². The van der Waals surface area contributed by atoms with Gasteiger partial charge >= 0.3 is 0 Å². The molecule has 0 aromatic heterocycles. The van der Waals surface area contributed by atoms with Gasteiger partial charge in [-0.3, -0.25) is 4.79 Å². The van der Waals surface area contributed by atoms with E-state index in [0.717, 1.165) is 11.3 Å². The molecule has 82 valence electrons. The van der Waals surface area contributed by atoms with Gasteiger partial charge in [-0.2, -0.15) is 0 Å². The Kier molecular flexibility index (Phi) is 4.63. The number of rotatable bonds is 6. The van der Waals surface area contributed by atoms with Crippen molar-refractivity contribution in [2.45, 2.75) is 13.5 Å². The summed E-state index contributed by atoms with van der Waals surface area (Å²) in [5, 5.41) is 2.94. The third kappa shape index (κ3) is 4.46. The number of nitrogens with one attached hydrogen (secondary N) is 1. The second-order valence-electron chi connectivity index (χ2n) is 3.15. The zero-order valence-electron chi connectivity index (χ0n) is 8.82. The molecular formula is C11H16N2O2. The van der Waals surface area contributed by atoms with Crippen molar-refractivity contribution in [2.24, 2.45) is 5.73 Å². The van der Waals surface area contributed by atoms with Crippen LogP contribution in [-0.4, -0.2) is 19.1 Å². The molecule has 1 aromatic carbocycles. The van der Waals surface area contributed by atoms with Crippen molar-refractivity contribution >= 4 is 5.91 Å². The van der Waals surface area contributed by atoms with Crippen LogP contribution in [0.3, 0.4) is 0 Å². The topological polar surface area (TPSA) is 64.3 Å². The van der Waals surface area contributed by atoms with Crippen molar-refractivity contribution in [3.63, 3.8) is 0 Å². The number of amides is 1. The van der Waals surface area contributed by atoms with Crippen LogP contribution in [0.2, 0.25) is 0 Å². The van der Waals surface area contributed by atoms with Crippen LogP contribution in [0.25, 0.3) is 0 Å². The fourth-order valence-electron chi connectivity index (χ4n) is 1.24. The minimum atomic E-state index is -0.351. The van der Waals surface area contributed by atoms with Gasteiger partial charge < -0.3 is 15.8 Å². The molecule has 0 fully saturated rings. The molecule has 1 aromatic rings. The van der Waals surface area contributed by atoms with Crippen LogP contribution >= 0.6 is 0 Å². The standard InChI is InChI=1S/C11H16N2O2/c1-2-15-10-5-3-4-9(6-10)7-13-8-11(12)14/h3-6,13H,2,7-8H2,1H3,(H2,12,14). The van der Waals surface area contributed by atoms with Crippen LogP contribution in [0.1, 0.15) is 12.5 Å². The Balaban J connectivity index is 2.46. The average molecular weight is 208 g/mol. The number of nitrogens with two attached hydrogens (primary N) is 1. The summed E-state index contributed by atoms with van der Waals surface area (Å²) in [5.74, 6) is 0.492. The van der Waals surface area contributed by atoms with Crippen molar-refractivity contribution in [3.05, 3.63) is 29.8 Å². The van der Waals surface area contributed by atoms with Gasteiger partial charge in [0.2, 0.25) is 5.91 Å². The fourth-order valence-corrected chi connectivity index (χ4v) is 1.24. The molecule has 3 N–H and O–H groups in total. The Morgan fingerprint density at radius 3 is 3.00 bits per heavy atom. The molecule has 0 unspecified atom stereocenters. The van der Waals surface area contributed by atoms with Gasteiger partial charge in [-0.25, -0.2) is 0 Å². The first kappa shape index (κ1) is 11.5. The number of carbonyl (C=O) groups excluding carboxylic acids is 1. The highest BCUT2D eigenvalue weighted by atomic mass is 16.5. The normalized spacial score (nSPS) is 9.93. The minimum Gasteiger partial charge on any atom is -0.494 e. The van der Waals surface area contributed by atoms with Crippen LogP contribution in [0.5, 0.6) is 5.75 Å². The third-order valence-electron chi connectivity index (χ3n) is 1.84. The van der Waals surface area contributed by atoms with E-state index in [1.165, 1.54) is 0 Å². The van der Waals surface area contributed by atoms with E-state index in [0.29, 0.717) is 13.2 Å². The predicted molar refractivity (Wildman–Crippen MR) is 58.5 cm³/mol. The van der Waals surface area contributed by atoms with E-state index in [1.54, 1.807) is 0 Å². The van der Waals surface area contributed by atoms with Gasteiger partial charge in [0.1, 0.15) is 5.75 Å². The second kappa shape index (κ2) is 6.03. The van der Waals surface area contributed by atoms with E-state index in [1.807, 2.05) is 31.2 Å². The summed E-state index contributed by atoms with van der Waals surface area (Å²) in [6.07, 6.45) is 0. The summed E-state index contributed by atoms with van der Waals surface area (Å²) < 4.78 is 5.35. The monoisotopic (exact) mass is 208 g/mol. The Morgan fingerprint density at radius 1 is 1.53 bits per heavy atom. The molecule has 0 aliphatic carbocycles. The Bertz CT molecular complexity index is 326. The van der Waals surface area contributed by atoms with E-state index in [4.69, 9.17) is 10.5 Å². The molecule has 0 saturated heterocycles. The predicted octanol–water partition coefficient (Wildman–Crippen LogP) is 0.660. The second-order valence-corrected chi connectivity index (χ2v) is 3.15. The molecule has 15 heavy (non-hydrogen) atoms. The summed E-state index contributed by atoms with van der Waals surface area (Å²) in [5.41, 5.74) is 6.08. The number of ether oxygens (including phenoxy) is 1. The number of primary amides is 1. The van der Waals surface area contributed by atoms with Crippen molar-refractivity contribution in [1.29, 1.82) is 0 Å². The number of hydrogen-bond donors (Lipinski definition) is 2. The largest absolute Gasteiger partial charge is 0.494 e. The third-order valence-corrected chi connectivity index (χ3v) is 1.84. The summed E-state index contributed by atoms with van der Waals surface area (Å²) in [4.78, 5) is 10.5. The fraction of sp³-hybridized carbons (Fsp3) is 0.364. The number of benzene rings is 1. The van der Waals surface area contributed by atoms with Gasteiger partial charge in [0.25, 0.3) is 0 Å². The summed E-state index contributed by atoms with van der Waals surface area (Å²) in [7, 11) is 0. The SMILES string of the molecule is CCOc1cccc(CNCC(N)=O)c1. The van der Waals surface area contributed by atoms with E-state index in [-0.39, 0.29) is 12.5 Å². The molecule has 0 saturated carbocycles. The van der Waals surface area contributed by atoms with E-state index < -0.39 is 0 Å². The van der Waals surface area contributed by atoms with Gasteiger partial charge in [0, 0.05) is 6.54 Å². The Labute approximate surface area is 89.4 Å². The van der Waals surface area contributed by atoms with Crippen LogP contribution < -0.4 is 15.8 Å². The first-order valence-electron chi connectivity index (χ1n) is 4.93. The van der Waals surface area contributed by atoms with E-state index in [2.05, 4.69) is 5.32 Å². The maximum atomic E-state index is 10.5. The molecule has 0 aliphatic rings. The summed E-state index contributed by atoms with van der Waals surface area (Å²) >= 11 is 0. The maximum Gasteiger partial charge on any atom is 0.231 e. The lowest BCUT2D eigenvalue weighted by molar-refractivity contribution is -0.117. The van der Waals surface area contributed by atoms with Crippen LogP contribution in [0.4, 0.5) is 0 Å². The molecule has 1 rings (SSSR count). The highest BCUT2D eigenvalue weighted by Crippen LogP contribution is 2.12. The molecular weight excluding hydrogens is 192 g/mol.